The van der Waals surface area contributed by atoms with Crippen molar-refractivity contribution in [2.45, 2.75) is 78.0 Å². The Kier molecular flexibility index (Phi) is 48.5. The van der Waals surface area contributed by atoms with Crippen molar-refractivity contribution in [1.29, 1.82) is 0 Å². The van der Waals surface area contributed by atoms with E-state index in [-0.39, 0.29) is 123 Å². The summed E-state index contributed by atoms with van der Waals surface area (Å²) in [5.41, 5.74) is 16.2. The lowest BCUT2D eigenvalue weighted by molar-refractivity contribution is -0.120. The van der Waals surface area contributed by atoms with Gasteiger partial charge in [-0.3, -0.25) is 38.4 Å². The molecule has 3 atom stereocenters. The molecular formula is C96H95BrCl7N9O9S9. The maximum absolute atomic E-state index is 11.5. The molecule has 2 heterocycles. The number of phenolic OH excluding ortho intramolecular Hbond substituents is 1. The van der Waals surface area contributed by atoms with E-state index in [0.717, 1.165) is 89.2 Å². The molecule has 0 bridgehead atoms. The molecule has 8 N–H and O–H groups in total. The van der Waals surface area contributed by atoms with Gasteiger partial charge in [-0.2, -0.15) is 101 Å². The topological polar surface area (TPSA) is 271 Å². The van der Waals surface area contributed by atoms with Gasteiger partial charge in [0.05, 0.1) is 64.8 Å². The molecule has 0 aliphatic heterocycles. The molecule has 131 heavy (non-hydrogen) atoms. The smallest absolute Gasteiger partial charge is 0.234 e. The van der Waals surface area contributed by atoms with Gasteiger partial charge >= 0.3 is 0 Å². The number of rotatable bonds is 25. The third-order valence-corrected chi connectivity index (χ3v) is 24.9. The lowest BCUT2D eigenvalue weighted by atomic mass is 10.0. The monoisotopic (exact) mass is 2130 g/mol. The number of carbonyl (C=O) groups excluding carboxylic acids is 8. The third kappa shape index (κ3) is 37.0. The molecule has 13 aromatic rings. The number of thiol groups is 8. The van der Waals surface area contributed by atoms with Crippen molar-refractivity contribution in [3.63, 3.8) is 0 Å². The molecule has 2 unspecified atom stereocenters. The Morgan fingerprint density at radius 2 is 1.02 bits per heavy atom. The van der Waals surface area contributed by atoms with Crippen molar-refractivity contribution in [3.8, 4) is 38.7 Å². The van der Waals surface area contributed by atoms with E-state index in [0.29, 0.717) is 58.7 Å². The van der Waals surface area contributed by atoms with Crippen molar-refractivity contribution in [2.24, 2.45) is 0 Å². The molecule has 2 aromatic heterocycles. The first kappa shape index (κ1) is 110. The number of fused-ring (bicyclic) bond motifs is 5. The van der Waals surface area contributed by atoms with Gasteiger partial charge in [0.2, 0.25) is 35.4 Å². The molecule has 6 amide bonds. The molecule has 0 radical (unpaired) electrons. The highest BCUT2D eigenvalue weighted by Crippen LogP contribution is 2.40. The fourth-order valence-corrected chi connectivity index (χ4v) is 16.2. The predicted octanol–water partition coefficient (Wildman–Crippen LogP) is 24.3. The second kappa shape index (κ2) is 57.7. The minimum Gasteiger partial charge on any atom is -0.508 e. The number of benzene rings is 11. The van der Waals surface area contributed by atoms with Gasteiger partial charge < -0.3 is 42.0 Å². The van der Waals surface area contributed by atoms with Crippen LogP contribution < -0.4 is 31.9 Å². The van der Waals surface area contributed by atoms with Crippen LogP contribution in [0.2, 0.25) is 35.2 Å². The Morgan fingerprint density at radius 3 is 1.64 bits per heavy atom. The maximum atomic E-state index is 11.5. The summed E-state index contributed by atoms with van der Waals surface area (Å²) in [6.07, 6.45) is 2.24. The zero-order chi connectivity index (χ0) is 95.8. The van der Waals surface area contributed by atoms with Crippen LogP contribution in [0.1, 0.15) is 94.8 Å². The van der Waals surface area contributed by atoms with Crippen LogP contribution in [0, 0.1) is 6.92 Å². The first-order valence-electron chi connectivity index (χ1n) is 40.2. The maximum Gasteiger partial charge on any atom is 0.234 e. The number of carbonyl (C=O) groups is 8. The molecule has 1 aliphatic carbocycles. The number of anilines is 2. The van der Waals surface area contributed by atoms with Crippen LogP contribution >= 0.6 is 210 Å². The first-order chi connectivity index (χ1) is 62.7. The third-order valence-electron chi connectivity index (χ3n) is 18.9. The van der Waals surface area contributed by atoms with E-state index in [1.54, 1.807) is 54.6 Å². The molecule has 11 aromatic carbocycles. The number of aromatic nitrogens is 3. The molecule has 1 aliphatic rings. The average Bonchev–Trinajstić information content (AvgIpc) is 1.63. The van der Waals surface area contributed by atoms with Gasteiger partial charge in [0, 0.05) is 97.5 Å². The van der Waals surface area contributed by atoms with Crippen LogP contribution in [-0.2, 0) is 64.2 Å². The van der Waals surface area contributed by atoms with E-state index in [9.17, 15) is 38.4 Å². The highest BCUT2D eigenvalue weighted by Gasteiger charge is 2.21. The van der Waals surface area contributed by atoms with Crippen LogP contribution in [0.15, 0.2) is 235 Å². The quantitative estimate of drug-likeness (QED) is 0.0239. The van der Waals surface area contributed by atoms with Crippen LogP contribution in [0.3, 0.4) is 0 Å². The van der Waals surface area contributed by atoms with Gasteiger partial charge in [0.15, 0.2) is 0 Å². The van der Waals surface area contributed by atoms with E-state index in [4.69, 9.17) is 86.3 Å². The average molecular weight is 2140 g/mol. The van der Waals surface area contributed by atoms with E-state index < -0.39 is 0 Å². The van der Waals surface area contributed by atoms with E-state index in [1.807, 2.05) is 131 Å². The number of aromatic hydroxyl groups is 1. The minimum atomic E-state index is -0.144. The second-order valence-corrected chi connectivity index (χ2v) is 36.1. The number of H-pyrrole nitrogens is 1. The number of phenols is 1. The van der Waals surface area contributed by atoms with Gasteiger partial charge in [0.25, 0.3) is 0 Å². The van der Waals surface area contributed by atoms with Gasteiger partial charge in [0.1, 0.15) is 27.3 Å². The van der Waals surface area contributed by atoms with Gasteiger partial charge in [-0.05, 0) is 209 Å². The summed E-state index contributed by atoms with van der Waals surface area (Å²) in [6.45, 7) is 8.24. The number of nitrogens with one attached hydrogen (secondary N) is 7. The van der Waals surface area contributed by atoms with Gasteiger partial charge in [-0.1, -0.05) is 237 Å². The van der Waals surface area contributed by atoms with E-state index in [1.165, 1.54) is 56.5 Å². The van der Waals surface area contributed by atoms with Crippen LogP contribution in [0.25, 0.3) is 54.6 Å². The van der Waals surface area contributed by atoms with Crippen LogP contribution in [-0.4, -0.2) is 113 Å². The number of hydrogen-bond acceptors (Lipinski definition) is 20. The Morgan fingerprint density at radius 1 is 0.458 bits per heavy atom. The fraction of sp³-hybridized carbons (Fsp3) is 0.208. The van der Waals surface area contributed by atoms with Crippen LogP contribution in [0.5, 0.6) is 5.75 Å². The predicted molar refractivity (Wildman–Crippen MR) is 574 cm³/mol. The number of aromatic amines is 1. The van der Waals surface area contributed by atoms with E-state index in [2.05, 4.69) is 225 Å². The lowest BCUT2D eigenvalue weighted by Gasteiger charge is -2.18. The molecule has 0 fully saturated rings. The molecule has 35 heteroatoms. The zero-order valence-corrected chi connectivity index (χ0v) is 85.8. The number of nitrogens with zero attached hydrogens (tertiary/aromatic N) is 2. The number of ketones is 2. The molecule has 0 saturated carbocycles. The molecule has 14 rings (SSSR count). The highest BCUT2D eigenvalue weighted by molar-refractivity contribution is 9.10. The zero-order valence-electron chi connectivity index (χ0n) is 71.0. The van der Waals surface area contributed by atoms with Gasteiger partial charge in [-0.25, -0.2) is 0 Å². The minimum absolute atomic E-state index is 0.0132. The number of hydrogen-bond donors (Lipinski definition) is 16. The Hall–Kier alpha value is -7.95. The van der Waals surface area contributed by atoms with Crippen molar-refractivity contribution >= 4 is 290 Å². The normalized spacial score (nSPS) is 11.3. The van der Waals surface area contributed by atoms with Crippen molar-refractivity contribution in [2.75, 3.05) is 56.7 Å². The first-order valence-corrected chi connectivity index (χ1v) is 49.5. The molecule has 0 saturated heterocycles. The number of amides is 6. The van der Waals surface area contributed by atoms with Crippen molar-refractivity contribution < 1.29 is 43.5 Å². The summed E-state index contributed by atoms with van der Waals surface area (Å²) in [7, 11) is 0. The standard InChI is InChI=1S/C16H14N2OS.C15H12BrNOS.C14H15NOS.C12H16ClNOS.C11H9ClN2OS2.C10H11Cl2NOS.C9H9Cl2NOS.C9H9ClO2S/c19-16(10-20)18-14-8-4-2-6-12(14)15-9-11-5-1-3-7-13(11)17-15;16-11-1-3-13-9(6-11)5-10-7-12(2-4-14(10)13)17-15(18)8-19;1-10(15-14(16)9-17)12-7-6-11-4-2-3-5-13(11)8-12;1-3-11(14-12(15)7-16)9-5-4-8(2)6-10(9)13;12-8-3-1-7(2-4-8)11-14-13-10(17-11)5-9(15)6-16;1-6(13-10(14)5-15)8-3-2-7(11)4-9(8)12;10-7-2-1-6(8(11)3-7)4-12-9(13)5-14;10-9-2-1-7(11)3-6(9)4-8(12)5-13/h1-9,17,20H,10H2,(H,18,19);1-4,6-7,19H,5,8H2,(H,17,18);2-8,10,17H,9H2,1H3,(H,15,16);4-6,11,16H,3,7H2,1-2H3,(H,14,15);1-4,16H,5-6H2;2-4,6,15H,5H2,1H3,(H,13,14);1-3,14H,4-5H2,(H,12,13);1-3,11,13H,4-5H2/t;;10-;;;;;/m..1...../s1. The number of para-hydroxylation sites is 2. The summed E-state index contributed by atoms with van der Waals surface area (Å²) < 4.78 is 1.10. The Labute approximate surface area is 853 Å². The van der Waals surface area contributed by atoms with Crippen molar-refractivity contribution in [1.82, 2.24) is 36.4 Å². The van der Waals surface area contributed by atoms with Crippen LogP contribution in [0.4, 0.5) is 11.4 Å². The largest absolute Gasteiger partial charge is 0.508 e. The fourth-order valence-electron chi connectivity index (χ4n) is 12.5. The second-order valence-electron chi connectivity index (χ2n) is 28.7. The molecule has 18 nitrogen and oxygen atoms in total. The number of Topliss-reactive ketones (excluding diaryl/α,β-unsaturated/α-hetero) is 2. The number of halogens is 8. The summed E-state index contributed by atoms with van der Waals surface area (Å²) in [5.74, 6) is 1.11. The summed E-state index contributed by atoms with van der Waals surface area (Å²) in [4.78, 5) is 93.1. The number of aryl methyl sites for hydroxylation is 1. The summed E-state index contributed by atoms with van der Waals surface area (Å²) >= 11 is 77.4. The highest BCUT2D eigenvalue weighted by atomic mass is 79.9. The van der Waals surface area contributed by atoms with Gasteiger partial charge in [-0.15, -0.1) is 10.2 Å². The summed E-state index contributed by atoms with van der Waals surface area (Å²) in [5, 5.41) is 43.3. The van der Waals surface area contributed by atoms with Crippen molar-refractivity contribution in [3.05, 3.63) is 320 Å². The molecule has 688 valence electrons. The Bertz CT molecular complexity index is 6030. The SMILES string of the molecule is CC(NC(=O)CS)c1ccc(Cl)cc1Cl.CCC(NC(=O)CS)c1ccc(C)cc1Cl.C[C@@H](NC(=O)CS)c1ccc2ccccc2c1.O=C(CS)Cc1cc(O)ccc1Cl.O=C(CS)Cc1nnc(-c2ccc(Cl)cc2)s1.O=C(CS)NCc1ccc(Cl)cc1Cl.O=C(CS)Nc1ccc2c(c1)Cc1cc(Br)ccc1-2.O=C(CS)Nc1ccccc1-c1cc2ccccc2[nH]1. The lowest BCUT2D eigenvalue weighted by Crippen LogP contribution is -2.29. The Balaban J connectivity index is 0.000000205. The molecular weight excluding hydrogens is 2040 g/mol. The van der Waals surface area contributed by atoms with E-state index >= 15 is 0 Å². The summed E-state index contributed by atoms with van der Waals surface area (Å²) in [6, 6.07) is 72.7. The molecule has 0 spiro atoms.